The van der Waals surface area contributed by atoms with Crippen LogP contribution >= 0.6 is 0 Å². The van der Waals surface area contributed by atoms with Gasteiger partial charge in [0.25, 0.3) is 0 Å². The Kier molecular flexibility index (Phi) is 9.21. The summed E-state index contributed by atoms with van der Waals surface area (Å²) in [7, 11) is 3.42. The van der Waals surface area contributed by atoms with E-state index in [4.69, 9.17) is 29.3 Å². The fraction of sp³-hybridized carbons (Fsp3) is 0.619. The van der Waals surface area contributed by atoms with Crippen LogP contribution < -0.4 is 9.47 Å². The summed E-state index contributed by atoms with van der Waals surface area (Å²) in [5.74, 6) is -1.89. The second-order valence-electron chi connectivity index (χ2n) is 7.44. The lowest BCUT2D eigenvalue weighted by Gasteiger charge is -2.40. The number of carboxylic acids is 2. The van der Waals surface area contributed by atoms with Crippen molar-refractivity contribution in [3.63, 3.8) is 0 Å². The minimum Gasteiger partial charge on any atom is -0.497 e. The molecule has 2 aliphatic heterocycles. The van der Waals surface area contributed by atoms with Crippen LogP contribution in [0.4, 0.5) is 0 Å². The van der Waals surface area contributed by atoms with Crippen LogP contribution in [-0.4, -0.2) is 78.4 Å². The maximum Gasteiger partial charge on any atom is 0.414 e. The molecule has 3 rings (SSSR count). The first-order valence-corrected chi connectivity index (χ1v) is 10.1. The molecule has 2 N–H and O–H groups in total. The van der Waals surface area contributed by atoms with Crippen LogP contribution in [0, 0.1) is 0 Å². The van der Waals surface area contributed by atoms with Crippen molar-refractivity contribution < 1.29 is 29.3 Å². The van der Waals surface area contributed by atoms with Crippen LogP contribution in [0.1, 0.15) is 37.7 Å². The van der Waals surface area contributed by atoms with Crippen molar-refractivity contribution in [2.75, 3.05) is 40.4 Å². The number of carboxylic acid groups (broad SMARTS) is 2. The second-order valence-corrected chi connectivity index (χ2v) is 7.44. The molecule has 2 aliphatic rings. The molecule has 0 saturated carbocycles. The van der Waals surface area contributed by atoms with E-state index in [0.29, 0.717) is 0 Å². The Hall–Kier alpha value is -2.32. The summed E-state index contributed by atoms with van der Waals surface area (Å²) in [6.45, 7) is 6.01. The number of benzene rings is 1. The number of hydrogen-bond donors (Lipinski definition) is 2. The maximum absolute atomic E-state index is 9.10. The molecule has 2 heterocycles. The van der Waals surface area contributed by atoms with Crippen molar-refractivity contribution >= 4 is 11.9 Å². The van der Waals surface area contributed by atoms with Gasteiger partial charge in [0.05, 0.1) is 14.2 Å². The summed E-state index contributed by atoms with van der Waals surface area (Å²) in [6.07, 6.45) is 6.82. The van der Waals surface area contributed by atoms with Crippen molar-refractivity contribution in [1.82, 2.24) is 9.80 Å². The normalized spacial score (nSPS) is 18.4. The van der Waals surface area contributed by atoms with Crippen molar-refractivity contribution in [1.29, 1.82) is 0 Å². The third-order valence-corrected chi connectivity index (χ3v) is 5.46. The number of ether oxygens (including phenoxy) is 2. The Bertz CT molecular complexity index is 633. The highest BCUT2D eigenvalue weighted by atomic mass is 16.5. The summed E-state index contributed by atoms with van der Waals surface area (Å²) in [5.41, 5.74) is 1.28. The Balaban J connectivity index is 0.000000438. The molecule has 0 bridgehead atoms. The van der Waals surface area contributed by atoms with Gasteiger partial charge in [-0.15, -0.1) is 0 Å². The van der Waals surface area contributed by atoms with Gasteiger partial charge in [-0.25, -0.2) is 9.59 Å². The average Bonchev–Trinajstić information content (AvgIpc) is 2.75. The summed E-state index contributed by atoms with van der Waals surface area (Å²) in [6, 6.07) is 7.00. The van der Waals surface area contributed by atoms with E-state index in [9.17, 15) is 0 Å². The molecule has 29 heavy (non-hydrogen) atoms. The molecule has 0 radical (unpaired) electrons. The Morgan fingerprint density at radius 1 is 0.897 bits per heavy atom. The van der Waals surface area contributed by atoms with Crippen molar-refractivity contribution in [2.45, 2.75) is 44.7 Å². The number of methoxy groups -OCH3 is 2. The SMILES string of the molecule is COc1cc(CN2CCC(N3CCCCC3)CC2)cc(OC)c1.O=C(O)C(=O)O. The first kappa shape index (κ1) is 23.0. The van der Waals surface area contributed by atoms with E-state index in [1.165, 1.54) is 63.8 Å². The minimum atomic E-state index is -1.82. The molecule has 8 nitrogen and oxygen atoms in total. The molecule has 0 spiro atoms. The fourth-order valence-corrected chi connectivity index (χ4v) is 3.94. The summed E-state index contributed by atoms with van der Waals surface area (Å²) < 4.78 is 10.8. The van der Waals surface area contributed by atoms with Gasteiger partial charge in [0.2, 0.25) is 0 Å². The number of aliphatic carboxylic acids is 2. The number of piperidine rings is 2. The van der Waals surface area contributed by atoms with Gasteiger partial charge in [0, 0.05) is 18.7 Å². The molecule has 1 aromatic carbocycles. The lowest BCUT2D eigenvalue weighted by molar-refractivity contribution is -0.159. The van der Waals surface area contributed by atoms with Crippen molar-refractivity contribution in [3.05, 3.63) is 23.8 Å². The molecule has 1 aromatic rings. The van der Waals surface area contributed by atoms with Crippen LogP contribution in [0.25, 0.3) is 0 Å². The highest BCUT2D eigenvalue weighted by molar-refractivity contribution is 6.27. The molecule has 8 heteroatoms. The number of nitrogens with zero attached hydrogens (tertiary/aromatic N) is 2. The van der Waals surface area contributed by atoms with Crippen LogP contribution in [0.3, 0.4) is 0 Å². The predicted molar refractivity (Wildman–Crippen MR) is 109 cm³/mol. The first-order chi connectivity index (χ1) is 13.9. The van der Waals surface area contributed by atoms with Gasteiger partial charge in [-0.2, -0.15) is 0 Å². The van der Waals surface area contributed by atoms with Crippen LogP contribution in [0.2, 0.25) is 0 Å². The third kappa shape index (κ3) is 7.55. The van der Waals surface area contributed by atoms with Crippen LogP contribution in [0.15, 0.2) is 18.2 Å². The van der Waals surface area contributed by atoms with Crippen LogP contribution in [0.5, 0.6) is 11.5 Å². The molecule has 0 amide bonds. The van der Waals surface area contributed by atoms with Gasteiger partial charge in [-0.05, 0) is 69.6 Å². The number of hydrogen-bond acceptors (Lipinski definition) is 6. The monoisotopic (exact) mass is 408 g/mol. The van der Waals surface area contributed by atoms with E-state index in [1.807, 2.05) is 6.07 Å². The zero-order chi connectivity index (χ0) is 21.2. The number of rotatable bonds is 5. The highest BCUT2D eigenvalue weighted by Crippen LogP contribution is 2.26. The molecular weight excluding hydrogens is 376 g/mol. The minimum absolute atomic E-state index is 0.811. The van der Waals surface area contributed by atoms with Gasteiger partial charge in [-0.3, -0.25) is 4.90 Å². The van der Waals surface area contributed by atoms with Gasteiger partial charge in [0.15, 0.2) is 0 Å². The topological polar surface area (TPSA) is 99.5 Å². The molecule has 2 fully saturated rings. The second kappa shape index (κ2) is 11.6. The Morgan fingerprint density at radius 2 is 1.41 bits per heavy atom. The molecular formula is C21H32N2O6. The largest absolute Gasteiger partial charge is 0.497 e. The smallest absolute Gasteiger partial charge is 0.414 e. The van der Waals surface area contributed by atoms with E-state index in [0.717, 1.165) is 24.1 Å². The zero-order valence-electron chi connectivity index (χ0n) is 17.3. The van der Waals surface area contributed by atoms with Gasteiger partial charge in [-0.1, -0.05) is 6.42 Å². The van der Waals surface area contributed by atoms with E-state index in [-0.39, 0.29) is 0 Å². The fourth-order valence-electron chi connectivity index (χ4n) is 3.94. The molecule has 0 aromatic heterocycles. The molecule has 0 aliphatic carbocycles. The molecule has 0 unspecified atom stereocenters. The van der Waals surface area contributed by atoms with E-state index >= 15 is 0 Å². The molecule has 2 saturated heterocycles. The van der Waals surface area contributed by atoms with E-state index in [1.54, 1.807) is 14.2 Å². The lowest BCUT2D eigenvalue weighted by Crippen LogP contribution is -2.46. The maximum atomic E-state index is 9.10. The highest BCUT2D eigenvalue weighted by Gasteiger charge is 2.25. The average molecular weight is 408 g/mol. The van der Waals surface area contributed by atoms with Crippen LogP contribution in [-0.2, 0) is 16.1 Å². The molecule has 0 atom stereocenters. The Labute approximate surface area is 172 Å². The predicted octanol–water partition coefficient (Wildman–Crippen LogP) is 2.31. The van der Waals surface area contributed by atoms with E-state index < -0.39 is 11.9 Å². The van der Waals surface area contributed by atoms with Gasteiger partial charge >= 0.3 is 11.9 Å². The quantitative estimate of drug-likeness (QED) is 0.716. The van der Waals surface area contributed by atoms with Gasteiger partial charge < -0.3 is 24.6 Å². The number of carbonyl (C=O) groups is 2. The van der Waals surface area contributed by atoms with Gasteiger partial charge in [0.1, 0.15) is 11.5 Å². The lowest BCUT2D eigenvalue weighted by atomic mass is 9.99. The summed E-state index contributed by atoms with van der Waals surface area (Å²) in [5, 5.41) is 14.8. The first-order valence-electron chi connectivity index (χ1n) is 10.1. The number of likely N-dealkylation sites (tertiary alicyclic amines) is 2. The Morgan fingerprint density at radius 3 is 1.86 bits per heavy atom. The third-order valence-electron chi connectivity index (χ3n) is 5.46. The summed E-state index contributed by atoms with van der Waals surface area (Å²) >= 11 is 0. The standard InChI is InChI=1S/C19H30N2O2.C2H2O4/c1-22-18-12-16(13-19(14-18)23-2)15-20-10-6-17(7-11-20)21-8-4-3-5-9-21;3-1(4)2(5)6/h12-14,17H,3-11,15H2,1-2H3;(H,3,4)(H,5,6). The van der Waals surface area contributed by atoms with Crippen molar-refractivity contribution in [3.8, 4) is 11.5 Å². The summed E-state index contributed by atoms with van der Waals surface area (Å²) in [4.78, 5) is 23.5. The van der Waals surface area contributed by atoms with E-state index in [2.05, 4.69) is 21.9 Å². The van der Waals surface area contributed by atoms with Crippen molar-refractivity contribution in [2.24, 2.45) is 0 Å². The molecule has 162 valence electrons. The zero-order valence-corrected chi connectivity index (χ0v) is 17.3.